The van der Waals surface area contributed by atoms with Gasteiger partial charge in [0.1, 0.15) is 11.1 Å². The summed E-state index contributed by atoms with van der Waals surface area (Å²) in [6.07, 6.45) is -0.0607. The second-order valence-corrected chi connectivity index (χ2v) is 7.32. The number of nitrogens with zero attached hydrogens (tertiary/aromatic N) is 2. The monoisotopic (exact) mass is 410 g/mol. The molecule has 1 atom stereocenters. The van der Waals surface area contributed by atoms with Crippen LogP contribution in [-0.2, 0) is 6.54 Å². The van der Waals surface area contributed by atoms with Gasteiger partial charge in [-0.1, -0.05) is 42.5 Å². The molecule has 3 aromatic rings. The van der Waals surface area contributed by atoms with E-state index in [1.54, 1.807) is 25.5 Å². The smallest absolute Gasteiger partial charge is 0.191 e. The van der Waals surface area contributed by atoms with Crippen LogP contribution >= 0.6 is 11.3 Å². The van der Waals surface area contributed by atoms with E-state index in [2.05, 4.69) is 33.1 Å². The molecule has 0 amide bonds. The third-order valence-corrected chi connectivity index (χ3v) is 5.05. The van der Waals surface area contributed by atoms with Crippen molar-refractivity contribution in [1.29, 1.82) is 0 Å². The van der Waals surface area contributed by atoms with Crippen LogP contribution in [0.15, 0.2) is 65.0 Å². The van der Waals surface area contributed by atoms with Crippen molar-refractivity contribution in [3.05, 3.63) is 65.0 Å². The summed E-state index contributed by atoms with van der Waals surface area (Å²) in [6, 6.07) is 17.8. The maximum absolute atomic E-state index is 5.97. The molecule has 0 saturated heterocycles. The van der Waals surface area contributed by atoms with Crippen molar-refractivity contribution in [3.8, 4) is 22.8 Å². The Labute approximate surface area is 175 Å². The molecule has 0 bridgehead atoms. The first-order valence-electron chi connectivity index (χ1n) is 9.43. The van der Waals surface area contributed by atoms with Gasteiger partial charge in [-0.25, -0.2) is 4.98 Å². The number of guanidine groups is 1. The van der Waals surface area contributed by atoms with E-state index in [4.69, 9.17) is 14.5 Å². The van der Waals surface area contributed by atoms with Crippen LogP contribution < -0.4 is 20.1 Å². The molecular formula is C22H26N4O2S. The topological polar surface area (TPSA) is 67.8 Å². The zero-order chi connectivity index (χ0) is 20.5. The van der Waals surface area contributed by atoms with E-state index in [1.165, 1.54) is 0 Å². The minimum Gasteiger partial charge on any atom is -0.493 e. The highest BCUT2D eigenvalue weighted by Gasteiger charge is 2.10. The predicted octanol–water partition coefficient (Wildman–Crippen LogP) is 3.95. The van der Waals surface area contributed by atoms with E-state index in [1.807, 2.05) is 49.4 Å². The van der Waals surface area contributed by atoms with Gasteiger partial charge in [0.2, 0.25) is 0 Å². The van der Waals surface area contributed by atoms with Crippen LogP contribution in [0.5, 0.6) is 11.5 Å². The number of hydrogen-bond donors (Lipinski definition) is 2. The molecule has 0 aliphatic carbocycles. The number of thiazole rings is 1. The van der Waals surface area contributed by atoms with Gasteiger partial charge >= 0.3 is 0 Å². The molecule has 3 rings (SSSR count). The summed E-state index contributed by atoms with van der Waals surface area (Å²) in [7, 11) is 3.39. The second-order valence-electron chi connectivity index (χ2n) is 6.38. The predicted molar refractivity (Wildman–Crippen MR) is 119 cm³/mol. The van der Waals surface area contributed by atoms with E-state index in [9.17, 15) is 0 Å². The summed E-state index contributed by atoms with van der Waals surface area (Å²) < 4.78 is 11.3. The number of aromatic nitrogens is 1. The summed E-state index contributed by atoms with van der Waals surface area (Å²) in [5, 5.41) is 9.66. The molecule has 1 aromatic heterocycles. The minimum absolute atomic E-state index is 0.0607. The first-order valence-corrected chi connectivity index (χ1v) is 10.3. The molecule has 0 spiro atoms. The molecule has 0 aliphatic rings. The SMILES string of the molecule is CN=C(NCc1nc(-c2ccccc2)cs1)NCC(C)Oc1ccccc1OC. The maximum Gasteiger partial charge on any atom is 0.191 e. The highest BCUT2D eigenvalue weighted by Crippen LogP contribution is 2.26. The number of hydrogen-bond acceptors (Lipinski definition) is 5. The number of para-hydroxylation sites is 2. The van der Waals surface area contributed by atoms with Gasteiger partial charge in [-0.2, -0.15) is 0 Å². The summed E-state index contributed by atoms with van der Waals surface area (Å²) in [4.78, 5) is 8.96. The Kier molecular flexibility index (Phi) is 7.47. The van der Waals surface area contributed by atoms with E-state index in [0.717, 1.165) is 27.8 Å². The maximum atomic E-state index is 5.97. The third-order valence-electron chi connectivity index (χ3n) is 4.21. The Morgan fingerprint density at radius 1 is 1.07 bits per heavy atom. The Morgan fingerprint density at radius 2 is 1.79 bits per heavy atom. The Morgan fingerprint density at radius 3 is 2.52 bits per heavy atom. The lowest BCUT2D eigenvalue weighted by Crippen LogP contribution is -2.41. The van der Waals surface area contributed by atoms with Gasteiger partial charge < -0.3 is 20.1 Å². The number of ether oxygens (including phenoxy) is 2. The highest BCUT2D eigenvalue weighted by molar-refractivity contribution is 7.09. The van der Waals surface area contributed by atoms with Crippen LogP contribution in [0.1, 0.15) is 11.9 Å². The van der Waals surface area contributed by atoms with Crippen molar-refractivity contribution >= 4 is 17.3 Å². The quantitative estimate of drug-likeness (QED) is 0.435. The summed E-state index contributed by atoms with van der Waals surface area (Å²) in [6.45, 7) is 3.21. The zero-order valence-electron chi connectivity index (χ0n) is 16.9. The van der Waals surface area contributed by atoms with E-state index >= 15 is 0 Å². The molecule has 1 unspecified atom stereocenters. The van der Waals surface area contributed by atoms with Gasteiger partial charge in [-0.3, -0.25) is 4.99 Å². The fraction of sp³-hybridized carbons (Fsp3) is 0.273. The second kappa shape index (κ2) is 10.5. The molecule has 7 heteroatoms. The Hall–Kier alpha value is -3.06. The molecule has 6 nitrogen and oxygen atoms in total. The fourth-order valence-electron chi connectivity index (χ4n) is 2.73. The van der Waals surface area contributed by atoms with Gasteiger partial charge in [0.25, 0.3) is 0 Å². The molecule has 0 saturated carbocycles. The van der Waals surface area contributed by atoms with Crippen molar-refractivity contribution in [3.63, 3.8) is 0 Å². The van der Waals surface area contributed by atoms with Crippen LogP contribution in [-0.4, -0.2) is 37.7 Å². The summed E-state index contributed by atoms with van der Waals surface area (Å²) in [5.74, 6) is 2.15. The van der Waals surface area contributed by atoms with Crippen LogP contribution in [0.4, 0.5) is 0 Å². The van der Waals surface area contributed by atoms with Gasteiger partial charge in [0.15, 0.2) is 17.5 Å². The third kappa shape index (κ3) is 5.96. The van der Waals surface area contributed by atoms with Crippen LogP contribution in [0, 0.1) is 0 Å². The van der Waals surface area contributed by atoms with Crippen molar-refractivity contribution in [2.75, 3.05) is 20.7 Å². The van der Waals surface area contributed by atoms with Crippen LogP contribution in [0.2, 0.25) is 0 Å². The number of aliphatic imine (C=N–C) groups is 1. The molecule has 2 aromatic carbocycles. The molecule has 0 aliphatic heterocycles. The van der Waals surface area contributed by atoms with E-state index in [-0.39, 0.29) is 6.10 Å². The summed E-state index contributed by atoms with van der Waals surface area (Å²) in [5.41, 5.74) is 2.12. The summed E-state index contributed by atoms with van der Waals surface area (Å²) >= 11 is 1.63. The van der Waals surface area contributed by atoms with Crippen molar-refractivity contribution in [2.45, 2.75) is 19.6 Å². The van der Waals surface area contributed by atoms with Gasteiger partial charge in [-0.15, -0.1) is 11.3 Å². The lowest BCUT2D eigenvalue weighted by molar-refractivity contribution is 0.213. The lowest BCUT2D eigenvalue weighted by Gasteiger charge is -2.18. The fourth-order valence-corrected chi connectivity index (χ4v) is 3.47. The molecule has 0 radical (unpaired) electrons. The molecule has 152 valence electrons. The van der Waals surface area contributed by atoms with E-state index < -0.39 is 0 Å². The first-order chi connectivity index (χ1) is 14.2. The van der Waals surface area contributed by atoms with E-state index in [0.29, 0.717) is 19.0 Å². The highest BCUT2D eigenvalue weighted by atomic mass is 32.1. The van der Waals surface area contributed by atoms with Gasteiger partial charge in [0, 0.05) is 18.0 Å². The Bertz CT molecular complexity index is 927. The van der Waals surface area contributed by atoms with Crippen molar-refractivity contribution in [1.82, 2.24) is 15.6 Å². The van der Waals surface area contributed by atoms with Gasteiger partial charge in [-0.05, 0) is 19.1 Å². The average molecular weight is 411 g/mol. The molecular weight excluding hydrogens is 384 g/mol. The number of rotatable bonds is 8. The van der Waals surface area contributed by atoms with Crippen LogP contribution in [0.3, 0.4) is 0 Å². The van der Waals surface area contributed by atoms with Crippen molar-refractivity contribution < 1.29 is 9.47 Å². The molecule has 2 N–H and O–H groups in total. The zero-order valence-corrected chi connectivity index (χ0v) is 17.7. The number of methoxy groups -OCH3 is 1. The molecule has 1 heterocycles. The number of nitrogens with one attached hydrogen (secondary N) is 2. The normalized spacial score (nSPS) is 12.3. The Balaban J connectivity index is 1.48. The number of benzene rings is 2. The average Bonchev–Trinajstić information content (AvgIpc) is 3.24. The van der Waals surface area contributed by atoms with Crippen molar-refractivity contribution in [2.24, 2.45) is 4.99 Å². The van der Waals surface area contributed by atoms with Gasteiger partial charge in [0.05, 0.1) is 25.9 Å². The molecule has 0 fully saturated rings. The minimum atomic E-state index is -0.0607. The van der Waals surface area contributed by atoms with Crippen LogP contribution in [0.25, 0.3) is 11.3 Å². The first kappa shape index (κ1) is 20.7. The standard InChI is InChI=1S/C22H26N4O2S/c1-16(28-20-12-8-7-11-19(20)27-3)13-24-22(23-2)25-14-21-26-18(15-29-21)17-9-5-4-6-10-17/h4-12,15-16H,13-14H2,1-3H3,(H2,23,24,25). The largest absolute Gasteiger partial charge is 0.493 e. The lowest BCUT2D eigenvalue weighted by atomic mass is 10.2. The molecule has 29 heavy (non-hydrogen) atoms.